The van der Waals surface area contributed by atoms with Crippen LogP contribution in [-0.4, -0.2) is 48.4 Å². The number of esters is 1. The Morgan fingerprint density at radius 3 is 2.63 bits per heavy atom. The number of nitrogens with zero attached hydrogens (tertiary/aromatic N) is 1. The van der Waals surface area contributed by atoms with Crippen molar-refractivity contribution in [3.63, 3.8) is 0 Å². The third-order valence-electron chi connectivity index (χ3n) is 3.85. The van der Waals surface area contributed by atoms with E-state index in [1.807, 2.05) is 13.8 Å². The SMILES string of the molecule is CCOC(=O)CN1C(=O)S/C(=C/c2ccc(O[C@H](C)CC)c(OC)c2)C1=O. The van der Waals surface area contributed by atoms with Crippen LogP contribution < -0.4 is 9.47 Å². The van der Waals surface area contributed by atoms with Crippen molar-refractivity contribution in [2.45, 2.75) is 33.3 Å². The van der Waals surface area contributed by atoms with Crippen molar-refractivity contribution in [3.05, 3.63) is 28.7 Å². The van der Waals surface area contributed by atoms with Gasteiger partial charge in [-0.05, 0) is 55.8 Å². The Labute approximate surface area is 162 Å². The third-order valence-corrected chi connectivity index (χ3v) is 4.76. The molecule has 146 valence electrons. The molecule has 0 N–H and O–H groups in total. The summed E-state index contributed by atoms with van der Waals surface area (Å²) < 4.78 is 16.0. The van der Waals surface area contributed by atoms with E-state index in [2.05, 4.69) is 0 Å². The van der Waals surface area contributed by atoms with Crippen molar-refractivity contribution in [3.8, 4) is 11.5 Å². The van der Waals surface area contributed by atoms with E-state index < -0.39 is 17.1 Å². The van der Waals surface area contributed by atoms with Crippen LogP contribution in [0.1, 0.15) is 32.8 Å². The van der Waals surface area contributed by atoms with Crippen LogP contribution in [0, 0.1) is 0 Å². The number of carbonyl (C=O) groups is 3. The molecule has 0 spiro atoms. The van der Waals surface area contributed by atoms with Gasteiger partial charge in [-0.15, -0.1) is 0 Å². The van der Waals surface area contributed by atoms with E-state index in [9.17, 15) is 14.4 Å². The zero-order valence-corrected chi connectivity index (χ0v) is 16.6. The highest BCUT2D eigenvalue weighted by molar-refractivity contribution is 8.18. The van der Waals surface area contributed by atoms with Gasteiger partial charge in [-0.25, -0.2) is 0 Å². The number of hydrogen-bond acceptors (Lipinski definition) is 7. The van der Waals surface area contributed by atoms with Gasteiger partial charge in [0.2, 0.25) is 0 Å². The van der Waals surface area contributed by atoms with Crippen LogP contribution in [0.3, 0.4) is 0 Å². The number of amides is 2. The maximum Gasteiger partial charge on any atom is 0.326 e. The monoisotopic (exact) mass is 393 g/mol. The minimum absolute atomic E-state index is 0.0455. The lowest BCUT2D eigenvalue weighted by atomic mass is 10.1. The summed E-state index contributed by atoms with van der Waals surface area (Å²) in [5.41, 5.74) is 0.685. The molecule has 0 saturated carbocycles. The molecule has 1 aromatic rings. The molecule has 0 aromatic heterocycles. The normalized spacial score (nSPS) is 16.6. The third kappa shape index (κ3) is 5.26. The predicted octanol–water partition coefficient (Wildman–Crippen LogP) is 3.47. The van der Waals surface area contributed by atoms with Crippen molar-refractivity contribution in [2.75, 3.05) is 20.3 Å². The fraction of sp³-hybridized carbons (Fsp3) is 0.421. The van der Waals surface area contributed by atoms with E-state index >= 15 is 0 Å². The Kier molecular flexibility index (Phi) is 7.29. The molecule has 1 atom stereocenters. The van der Waals surface area contributed by atoms with Gasteiger partial charge in [0.1, 0.15) is 6.54 Å². The molecule has 2 amide bonds. The van der Waals surface area contributed by atoms with Crippen molar-refractivity contribution in [1.29, 1.82) is 0 Å². The molecule has 0 radical (unpaired) electrons. The highest BCUT2D eigenvalue weighted by Gasteiger charge is 2.36. The molecule has 1 aliphatic rings. The van der Waals surface area contributed by atoms with Crippen molar-refractivity contribution in [2.24, 2.45) is 0 Å². The number of rotatable bonds is 8. The molecule has 7 nitrogen and oxygen atoms in total. The summed E-state index contributed by atoms with van der Waals surface area (Å²) in [4.78, 5) is 37.1. The molecule has 0 bridgehead atoms. The molecule has 8 heteroatoms. The molecule has 1 saturated heterocycles. The molecule has 2 rings (SSSR count). The van der Waals surface area contributed by atoms with Crippen molar-refractivity contribution >= 4 is 35.0 Å². The van der Waals surface area contributed by atoms with Gasteiger partial charge in [-0.3, -0.25) is 19.3 Å². The summed E-state index contributed by atoms with van der Waals surface area (Å²) in [5, 5.41) is -0.497. The highest BCUT2D eigenvalue weighted by atomic mass is 32.2. The number of benzene rings is 1. The first kappa shape index (κ1) is 20.8. The summed E-state index contributed by atoms with van der Waals surface area (Å²) >= 11 is 0.787. The van der Waals surface area contributed by atoms with E-state index in [1.165, 1.54) is 7.11 Å². The van der Waals surface area contributed by atoms with E-state index in [1.54, 1.807) is 31.2 Å². The van der Waals surface area contributed by atoms with Crippen LogP contribution in [0.15, 0.2) is 23.1 Å². The Balaban J connectivity index is 2.19. The van der Waals surface area contributed by atoms with Crippen LogP contribution in [-0.2, 0) is 14.3 Å². The molecule has 27 heavy (non-hydrogen) atoms. The van der Waals surface area contributed by atoms with E-state index in [-0.39, 0.29) is 24.2 Å². The van der Waals surface area contributed by atoms with Gasteiger partial charge in [0.25, 0.3) is 11.1 Å². The van der Waals surface area contributed by atoms with Gasteiger partial charge in [0, 0.05) is 0 Å². The lowest BCUT2D eigenvalue weighted by Crippen LogP contribution is -2.34. The lowest BCUT2D eigenvalue weighted by Gasteiger charge is -2.15. The Morgan fingerprint density at radius 1 is 1.26 bits per heavy atom. The minimum atomic E-state index is -0.616. The van der Waals surface area contributed by atoms with E-state index in [0.29, 0.717) is 17.1 Å². The average Bonchev–Trinajstić information content (AvgIpc) is 2.90. The van der Waals surface area contributed by atoms with Gasteiger partial charge in [-0.2, -0.15) is 0 Å². The predicted molar refractivity (Wildman–Crippen MR) is 103 cm³/mol. The summed E-state index contributed by atoms with van der Waals surface area (Å²) in [5.74, 6) is 0.0143. The number of thioether (sulfide) groups is 1. The highest BCUT2D eigenvalue weighted by Crippen LogP contribution is 2.34. The summed E-state index contributed by atoms with van der Waals surface area (Å²) in [7, 11) is 1.54. The van der Waals surface area contributed by atoms with Gasteiger partial charge in [0.15, 0.2) is 11.5 Å². The first-order valence-corrected chi connectivity index (χ1v) is 9.46. The zero-order chi connectivity index (χ0) is 20.0. The average molecular weight is 393 g/mol. The maximum absolute atomic E-state index is 12.4. The van der Waals surface area contributed by atoms with Gasteiger partial charge < -0.3 is 14.2 Å². The Hall–Kier alpha value is -2.48. The van der Waals surface area contributed by atoms with Gasteiger partial charge in [0.05, 0.1) is 24.7 Å². The number of hydrogen-bond donors (Lipinski definition) is 0. The van der Waals surface area contributed by atoms with Crippen LogP contribution in [0.25, 0.3) is 6.08 Å². The number of methoxy groups -OCH3 is 1. The Morgan fingerprint density at radius 2 is 2.00 bits per heavy atom. The lowest BCUT2D eigenvalue weighted by molar-refractivity contribution is -0.145. The summed E-state index contributed by atoms with van der Waals surface area (Å²) in [6, 6.07) is 5.27. The first-order chi connectivity index (χ1) is 12.9. The summed E-state index contributed by atoms with van der Waals surface area (Å²) in [6.45, 7) is 5.45. The van der Waals surface area contributed by atoms with Crippen LogP contribution in [0.4, 0.5) is 4.79 Å². The second-order valence-corrected chi connectivity index (χ2v) is 6.81. The number of imide groups is 1. The zero-order valence-electron chi connectivity index (χ0n) is 15.8. The quantitative estimate of drug-likeness (QED) is 0.494. The topological polar surface area (TPSA) is 82.1 Å². The van der Waals surface area contributed by atoms with Gasteiger partial charge >= 0.3 is 5.97 Å². The van der Waals surface area contributed by atoms with E-state index in [0.717, 1.165) is 23.1 Å². The fourth-order valence-corrected chi connectivity index (χ4v) is 3.13. The molecule has 0 aliphatic carbocycles. The van der Waals surface area contributed by atoms with E-state index in [4.69, 9.17) is 14.2 Å². The molecule has 1 heterocycles. The largest absolute Gasteiger partial charge is 0.493 e. The molecular weight excluding hydrogens is 370 g/mol. The number of carbonyl (C=O) groups excluding carboxylic acids is 3. The fourth-order valence-electron chi connectivity index (χ4n) is 2.29. The van der Waals surface area contributed by atoms with Crippen LogP contribution >= 0.6 is 11.8 Å². The number of ether oxygens (including phenoxy) is 3. The summed E-state index contributed by atoms with van der Waals surface area (Å²) in [6.07, 6.45) is 2.49. The first-order valence-electron chi connectivity index (χ1n) is 8.65. The van der Waals surface area contributed by atoms with Crippen LogP contribution in [0.5, 0.6) is 11.5 Å². The standard InChI is InChI=1S/C19H23NO6S/c1-5-12(3)26-14-8-7-13(9-15(14)24-4)10-16-18(22)20(19(23)27-16)11-17(21)25-6-2/h7-10,12H,5-6,11H2,1-4H3/b16-10+/t12-/m1/s1. The molecule has 1 fully saturated rings. The smallest absolute Gasteiger partial charge is 0.326 e. The maximum atomic E-state index is 12.4. The second kappa shape index (κ2) is 9.45. The molecule has 0 unspecified atom stereocenters. The van der Waals surface area contributed by atoms with Crippen LogP contribution in [0.2, 0.25) is 0 Å². The Bertz CT molecular complexity index is 761. The van der Waals surface area contributed by atoms with Crippen molar-refractivity contribution in [1.82, 2.24) is 4.90 Å². The molecular formula is C19H23NO6S. The van der Waals surface area contributed by atoms with Crippen molar-refractivity contribution < 1.29 is 28.6 Å². The second-order valence-electron chi connectivity index (χ2n) is 5.82. The van der Waals surface area contributed by atoms with Gasteiger partial charge in [-0.1, -0.05) is 13.0 Å². The molecule has 1 aliphatic heterocycles. The molecule has 1 aromatic carbocycles. The minimum Gasteiger partial charge on any atom is -0.493 e.